The van der Waals surface area contributed by atoms with Gasteiger partial charge < -0.3 is 126 Å². The van der Waals surface area contributed by atoms with Gasteiger partial charge in [-0.1, -0.05) is 13.8 Å². The van der Waals surface area contributed by atoms with E-state index in [1.165, 1.54) is 0 Å². The van der Waals surface area contributed by atoms with Gasteiger partial charge in [0.05, 0.1) is 0 Å². The van der Waals surface area contributed by atoms with E-state index in [1.807, 2.05) is 13.8 Å². The molecule has 0 saturated carbocycles. The van der Waals surface area contributed by atoms with Gasteiger partial charge in [-0.3, -0.25) is 0 Å². The number of rotatable bonds is 0. The molecule has 10 heteroatoms. The van der Waals surface area contributed by atoms with Crippen LogP contribution in [0.3, 0.4) is 0 Å². The Balaban J connectivity index is -0.000000000952. The summed E-state index contributed by atoms with van der Waals surface area (Å²) in [6.45, 7) is 4.00. The summed E-state index contributed by atoms with van der Waals surface area (Å²) in [4.78, 5) is 0. The normalized spacial score (nSPS) is 1.80. The number of hydrogen-bond donors (Lipinski definition) is 0. The summed E-state index contributed by atoms with van der Waals surface area (Å²) in [5.74, 6) is 0. The van der Waals surface area contributed by atoms with Crippen molar-refractivity contribution >= 4 is 0 Å². The first kappa shape index (κ1) is 208. The van der Waals surface area contributed by atoms with E-state index in [4.69, 9.17) is 0 Å². The summed E-state index contributed by atoms with van der Waals surface area (Å²) < 4.78 is 0. The van der Waals surface area contributed by atoms with Gasteiger partial charge in [0.25, 0.3) is 0 Å². The molecule has 0 aliphatic heterocycles. The van der Waals surface area contributed by atoms with Crippen LogP contribution in [0.1, 0.15) is 13.8 Å². The Morgan fingerprint density at radius 1 is 0.267 bits per heavy atom. The molecule has 0 aliphatic rings. The van der Waals surface area contributed by atoms with E-state index >= 15 is 0 Å². The van der Waals surface area contributed by atoms with Crippen molar-refractivity contribution in [1.82, 2.24) is 0 Å². The summed E-state index contributed by atoms with van der Waals surface area (Å²) in [5.41, 5.74) is 0. The molecule has 0 N–H and O–H groups in total. The first-order chi connectivity index (χ1) is 4.00. The Labute approximate surface area is 453 Å². The second-order valence-corrected chi connectivity index (χ2v) is 0.933. The first-order valence-electron chi connectivity index (χ1n) is 2.73. The topological polar surface area (TPSA) is 0 Å². The zero-order chi connectivity index (χ0) is 6.24. The first-order valence-corrected chi connectivity index (χ1v) is 2.73. The van der Waals surface area contributed by atoms with Crippen molar-refractivity contribution in [1.29, 1.82) is 0 Å². The molecule has 1 aromatic rings. The second-order valence-electron chi connectivity index (χ2n) is 0.933. The molecule has 0 heterocycles. The molecule has 30 heavy (non-hydrogen) atoms. The fourth-order valence-corrected chi connectivity index (χ4v) is 0.269. The van der Waals surface area contributed by atoms with Gasteiger partial charge in [-0.25, -0.2) is 0 Å². The molecule has 1 aromatic carbocycles. The van der Waals surface area contributed by atoms with Crippen molar-refractivity contribution in [3.63, 3.8) is 0 Å². The summed E-state index contributed by atoms with van der Waals surface area (Å²) in [5, 5.41) is 0. The minimum absolute atomic E-state index is 0. The average molecular weight is 1170 g/mol. The van der Waals surface area contributed by atoms with E-state index in [9.17, 15) is 0 Å². The molecular weight excluding hydrogens is 1130 g/mol. The van der Waals surface area contributed by atoms with Gasteiger partial charge >= 0.3 is 0 Å². The SMILES string of the molecule is CC.[CH3-].[CH3-].[CH3-].[CH3-].[CH3-].[CH3-].[CH3-].[CH3-].[CH3-].[CH3-].[CH3-].[CH3-].[Y].[Y].[Y].[Y].[Y].[Y].[Y].[Y].[Y].[Y].[c-]1c[c-]c[c-]c1. The van der Waals surface area contributed by atoms with Crippen LogP contribution in [0, 0.1) is 107 Å². The quantitative estimate of drug-likeness (QED) is 0.237. The predicted octanol–water partition coefficient (Wildman–Crippen LogP) is 7.49. The fourth-order valence-electron chi connectivity index (χ4n) is 0.269. The van der Waals surface area contributed by atoms with Crippen LogP contribution in [0.4, 0.5) is 0 Å². The van der Waals surface area contributed by atoms with E-state index in [2.05, 4.69) is 18.2 Å². The number of hydrogen-bond acceptors (Lipinski definition) is 0. The second kappa shape index (κ2) is 217. The van der Waals surface area contributed by atoms with Gasteiger partial charge in [0, 0.05) is 327 Å². The van der Waals surface area contributed by atoms with Crippen LogP contribution in [0.15, 0.2) is 18.2 Å². The molecule has 0 aromatic heterocycles. The molecule has 0 unspecified atom stereocenters. The van der Waals surface area contributed by atoms with Crippen molar-refractivity contribution in [3.05, 3.63) is 126 Å². The minimum Gasteiger partial charge on any atom is -0.545 e. The van der Waals surface area contributed by atoms with Crippen LogP contribution >= 0.6 is 0 Å². The maximum Gasteiger partial charge on any atom is 0 e. The van der Waals surface area contributed by atoms with Crippen molar-refractivity contribution in [2.75, 3.05) is 0 Å². The zero-order valence-corrected chi connectivity index (χ0v) is 51.4. The molecule has 0 amide bonds. The summed E-state index contributed by atoms with van der Waals surface area (Å²) in [6, 6.07) is 13.5. The van der Waals surface area contributed by atoms with E-state index in [0.29, 0.717) is 0 Å². The van der Waals surface area contributed by atoms with Crippen molar-refractivity contribution < 1.29 is 327 Å². The minimum atomic E-state index is 0. The molecule has 0 spiro atoms. The third-order valence-corrected chi connectivity index (χ3v) is 0.500. The van der Waals surface area contributed by atoms with Crippen LogP contribution in [-0.2, 0) is 327 Å². The Morgan fingerprint density at radius 3 is 0.367 bits per heavy atom. The largest absolute Gasteiger partial charge is 0.545 e. The van der Waals surface area contributed by atoms with Gasteiger partial charge in [-0.05, 0) is 0 Å². The third kappa shape index (κ3) is 201. The van der Waals surface area contributed by atoms with E-state index < -0.39 is 0 Å². The standard InChI is InChI=1S/C6H3.C2H6.12CH3.10Y/c1-2-4-6-5-3-1;1-2;;;;;;;;;;;;;;;;;;;;;;/h1,4-5H;1-2H3;12*1H3;;;;;;;;;;/q-3;;12*-1;;;;;;;;;;. The Bertz CT molecular complexity index is 99.5. The maximum atomic E-state index is 2.78. The Kier molecular flexibility index (Phi) is 1510. The zero-order valence-electron chi connectivity index (χ0n) is 23.0. The van der Waals surface area contributed by atoms with Crippen LogP contribution in [0.25, 0.3) is 0 Å². The molecule has 1 rings (SSSR count). The van der Waals surface area contributed by atoms with E-state index in [0.717, 1.165) is 0 Å². The van der Waals surface area contributed by atoms with Gasteiger partial charge in [0.2, 0.25) is 0 Å². The van der Waals surface area contributed by atoms with Crippen molar-refractivity contribution in [3.8, 4) is 0 Å². The molecule has 0 nitrogen and oxygen atoms in total. The molecule has 170 valence electrons. The Hall–Kier alpha value is 10.3. The van der Waals surface area contributed by atoms with Crippen LogP contribution in [0.5, 0.6) is 0 Å². The Morgan fingerprint density at radius 2 is 0.333 bits per heavy atom. The van der Waals surface area contributed by atoms with Crippen molar-refractivity contribution in [2.24, 2.45) is 0 Å². The van der Waals surface area contributed by atoms with Gasteiger partial charge in [-0.2, -0.15) is 0 Å². The predicted molar refractivity (Wildman–Crippen MR) is 111 cm³/mol. The molecular formula is C20H45Y10-15. The van der Waals surface area contributed by atoms with Crippen LogP contribution < -0.4 is 0 Å². The van der Waals surface area contributed by atoms with Gasteiger partial charge in [-0.15, -0.1) is 0 Å². The van der Waals surface area contributed by atoms with Crippen LogP contribution in [-0.4, -0.2) is 0 Å². The third-order valence-electron chi connectivity index (χ3n) is 0.500. The van der Waals surface area contributed by atoms with Crippen molar-refractivity contribution in [2.45, 2.75) is 13.8 Å². The van der Waals surface area contributed by atoms with E-state index in [1.54, 1.807) is 18.2 Å². The molecule has 10 radical (unpaired) electrons. The molecule has 0 saturated heterocycles. The van der Waals surface area contributed by atoms with E-state index in [-0.39, 0.29) is 416 Å². The maximum absolute atomic E-state index is 2.78. The van der Waals surface area contributed by atoms with Crippen LogP contribution in [0.2, 0.25) is 0 Å². The monoisotopic (exact) mass is 1170 g/mol. The average Bonchev–Trinajstić information content (AvgIpc) is 1.96. The molecule has 0 aliphatic carbocycles. The molecule has 0 bridgehead atoms. The summed E-state index contributed by atoms with van der Waals surface area (Å²) in [7, 11) is 0. The molecule has 0 atom stereocenters. The number of benzene rings is 1. The molecule has 0 fully saturated rings. The van der Waals surface area contributed by atoms with Gasteiger partial charge in [0.1, 0.15) is 0 Å². The fraction of sp³-hybridized carbons (Fsp3) is 0.100. The smallest absolute Gasteiger partial charge is 0 e. The summed E-state index contributed by atoms with van der Waals surface area (Å²) in [6.07, 6.45) is 0. The summed E-state index contributed by atoms with van der Waals surface area (Å²) >= 11 is 0. The van der Waals surface area contributed by atoms with Gasteiger partial charge in [0.15, 0.2) is 0 Å².